The average Bonchev–Trinajstić information content (AvgIpc) is 2.54. The zero-order valence-electron chi connectivity index (χ0n) is 13.3. The highest BCUT2D eigenvalue weighted by Crippen LogP contribution is 2.28. The predicted octanol–water partition coefficient (Wildman–Crippen LogP) is 3.01. The van der Waals surface area contributed by atoms with Gasteiger partial charge in [0.05, 0.1) is 17.4 Å². The van der Waals surface area contributed by atoms with Crippen molar-refractivity contribution < 1.29 is 5.11 Å². The second-order valence-electron chi connectivity index (χ2n) is 5.81. The van der Waals surface area contributed by atoms with Crippen LogP contribution in [0.2, 0.25) is 5.15 Å². The van der Waals surface area contributed by atoms with Crippen LogP contribution in [-0.4, -0.2) is 34.3 Å². The van der Waals surface area contributed by atoms with Gasteiger partial charge in [0.1, 0.15) is 22.9 Å². The SMILES string of the molecule is Cc1nc(Cl)cc(Nc2ccc(N3CCC(O)CC3)c(C#N)c2)n1. The summed E-state index contributed by atoms with van der Waals surface area (Å²) in [6.45, 7) is 3.28. The maximum absolute atomic E-state index is 9.63. The molecule has 0 aliphatic carbocycles. The van der Waals surface area contributed by atoms with Gasteiger partial charge in [0.2, 0.25) is 0 Å². The number of nitriles is 1. The number of halogens is 1. The molecule has 1 fully saturated rings. The highest BCUT2D eigenvalue weighted by Gasteiger charge is 2.19. The van der Waals surface area contributed by atoms with Gasteiger partial charge in [0.15, 0.2) is 0 Å². The average molecular weight is 344 g/mol. The molecule has 2 heterocycles. The van der Waals surface area contributed by atoms with Crippen LogP contribution in [0, 0.1) is 18.3 Å². The summed E-state index contributed by atoms with van der Waals surface area (Å²) in [6.07, 6.45) is 1.21. The van der Waals surface area contributed by atoms with E-state index in [9.17, 15) is 10.4 Å². The van der Waals surface area contributed by atoms with E-state index in [0.717, 1.165) is 37.3 Å². The number of piperidine rings is 1. The van der Waals surface area contributed by atoms with Crippen LogP contribution in [0.5, 0.6) is 0 Å². The van der Waals surface area contributed by atoms with Crippen LogP contribution in [0.4, 0.5) is 17.2 Å². The number of aliphatic hydroxyl groups excluding tert-OH is 1. The largest absolute Gasteiger partial charge is 0.393 e. The Hall–Kier alpha value is -2.36. The standard InChI is InChI=1S/C17H18ClN5O/c1-11-20-16(18)9-17(21-11)22-13-2-3-15(12(8-13)10-19)23-6-4-14(24)5-7-23/h2-3,8-9,14,24H,4-7H2,1H3,(H,20,21,22). The summed E-state index contributed by atoms with van der Waals surface area (Å²) >= 11 is 5.94. The number of aliphatic hydroxyl groups is 1. The third kappa shape index (κ3) is 3.75. The van der Waals surface area contributed by atoms with Crippen LogP contribution in [-0.2, 0) is 0 Å². The van der Waals surface area contributed by atoms with Crippen molar-refractivity contribution in [1.29, 1.82) is 5.26 Å². The molecule has 0 amide bonds. The molecule has 3 rings (SSSR count). The fourth-order valence-electron chi connectivity index (χ4n) is 2.83. The molecule has 1 aliphatic heterocycles. The minimum absolute atomic E-state index is 0.238. The summed E-state index contributed by atoms with van der Waals surface area (Å²) in [5.41, 5.74) is 2.25. The molecule has 1 aromatic carbocycles. The van der Waals surface area contributed by atoms with Gasteiger partial charge in [0, 0.05) is 24.8 Å². The van der Waals surface area contributed by atoms with Gasteiger partial charge in [-0.25, -0.2) is 9.97 Å². The molecule has 0 radical (unpaired) electrons. The minimum Gasteiger partial charge on any atom is -0.393 e. The van der Waals surface area contributed by atoms with Crippen LogP contribution < -0.4 is 10.2 Å². The van der Waals surface area contributed by atoms with Crippen molar-refractivity contribution in [1.82, 2.24) is 9.97 Å². The van der Waals surface area contributed by atoms with E-state index in [-0.39, 0.29) is 6.10 Å². The van der Waals surface area contributed by atoms with Crippen LogP contribution in [0.15, 0.2) is 24.3 Å². The first-order chi connectivity index (χ1) is 11.5. The van der Waals surface area contributed by atoms with Gasteiger partial charge in [-0.05, 0) is 38.0 Å². The van der Waals surface area contributed by atoms with E-state index in [1.54, 1.807) is 19.1 Å². The molecule has 124 valence electrons. The molecule has 7 heteroatoms. The normalized spacial score (nSPS) is 15.2. The first-order valence-electron chi connectivity index (χ1n) is 7.80. The number of rotatable bonds is 3. The van der Waals surface area contributed by atoms with Crippen LogP contribution in [0.1, 0.15) is 24.2 Å². The zero-order chi connectivity index (χ0) is 17.1. The molecule has 1 saturated heterocycles. The maximum atomic E-state index is 9.63. The molecule has 6 nitrogen and oxygen atoms in total. The van der Waals surface area contributed by atoms with Crippen LogP contribution in [0.3, 0.4) is 0 Å². The Kier molecular flexibility index (Phi) is 4.84. The summed E-state index contributed by atoms with van der Waals surface area (Å²) < 4.78 is 0. The summed E-state index contributed by atoms with van der Waals surface area (Å²) in [5, 5.41) is 22.6. The molecule has 0 bridgehead atoms. The molecule has 0 unspecified atom stereocenters. The Morgan fingerprint density at radius 2 is 2.04 bits per heavy atom. The van der Waals surface area contributed by atoms with E-state index in [2.05, 4.69) is 26.3 Å². The third-order valence-electron chi connectivity index (χ3n) is 4.00. The number of nitrogens with zero attached hydrogens (tertiary/aromatic N) is 4. The highest BCUT2D eigenvalue weighted by molar-refractivity contribution is 6.29. The van der Waals surface area contributed by atoms with Gasteiger partial charge in [-0.1, -0.05) is 11.6 Å². The molecule has 0 atom stereocenters. The van der Waals surface area contributed by atoms with Crippen molar-refractivity contribution in [2.24, 2.45) is 0 Å². The second-order valence-corrected chi connectivity index (χ2v) is 6.20. The zero-order valence-corrected chi connectivity index (χ0v) is 14.1. The van der Waals surface area contributed by atoms with Crippen molar-refractivity contribution in [3.63, 3.8) is 0 Å². The van der Waals surface area contributed by atoms with Gasteiger partial charge in [-0.2, -0.15) is 5.26 Å². The summed E-state index contributed by atoms with van der Waals surface area (Å²) in [6, 6.07) is 9.52. The van der Waals surface area contributed by atoms with Gasteiger partial charge in [-0.3, -0.25) is 0 Å². The molecular formula is C17H18ClN5O. The predicted molar refractivity (Wildman–Crippen MR) is 93.7 cm³/mol. The van der Waals surface area contributed by atoms with E-state index in [1.165, 1.54) is 0 Å². The van der Waals surface area contributed by atoms with Crippen LogP contribution in [0.25, 0.3) is 0 Å². The van der Waals surface area contributed by atoms with Crippen molar-refractivity contribution in [2.45, 2.75) is 25.9 Å². The quantitative estimate of drug-likeness (QED) is 0.833. The fourth-order valence-corrected chi connectivity index (χ4v) is 3.05. The molecule has 2 aromatic rings. The molecule has 0 spiro atoms. The molecule has 1 aliphatic rings. The van der Waals surface area contributed by atoms with Gasteiger partial charge in [-0.15, -0.1) is 0 Å². The Morgan fingerprint density at radius 1 is 1.29 bits per heavy atom. The lowest BCUT2D eigenvalue weighted by Crippen LogP contribution is -2.36. The first-order valence-corrected chi connectivity index (χ1v) is 8.18. The van der Waals surface area contributed by atoms with Crippen LogP contribution >= 0.6 is 11.6 Å². The Balaban J connectivity index is 1.82. The number of hydrogen-bond acceptors (Lipinski definition) is 6. The number of benzene rings is 1. The third-order valence-corrected chi connectivity index (χ3v) is 4.19. The minimum atomic E-state index is -0.238. The summed E-state index contributed by atoms with van der Waals surface area (Å²) in [7, 11) is 0. The smallest absolute Gasteiger partial charge is 0.135 e. The molecule has 24 heavy (non-hydrogen) atoms. The second kappa shape index (κ2) is 7.04. The van der Waals surface area contributed by atoms with Gasteiger partial charge >= 0.3 is 0 Å². The molecular weight excluding hydrogens is 326 g/mol. The molecule has 1 aromatic heterocycles. The highest BCUT2D eigenvalue weighted by atomic mass is 35.5. The number of aryl methyl sites for hydroxylation is 1. The van der Waals surface area contributed by atoms with Crippen molar-refractivity contribution in [3.8, 4) is 6.07 Å². The van der Waals surface area contributed by atoms with Gasteiger partial charge in [0.25, 0.3) is 0 Å². The Morgan fingerprint density at radius 3 is 2.71 bits per heavy atom. The fraction of sp³-hybridized carbons (Fsp3) is 0.353. The molecule has 0 saturated carbocycles. The van der Waals surface area contributed by atoms with E-state index in [4.69, 9.17) is 11.6 Å². The number of aromatic nitrogens is 2. The van der Waals surface area contributed by atoms with Gasteiger partial charge < -0.3 is 15.3 Å². The topological polar surface area (TPSA) is 85.1 Å². The van der Waals surface area contributed by atoms with Crippen molar-refractivity contribution in [3.05, 3.63) is 40.8 Å². The molecule has 2 N–H and O–H groups in total. The lowest BCUT2D eigenvalue weighted by Gasteiger charge is -2.32. The lowest BCUT2D eigenvalue weighted by atomic mass is 10.0. The monoisotopic (exact) mass is 343 g/mol. The van der Waals surface area contributed by atoms with E-state index in [0.29, 0.717) is 22.4 Å². The lowest BCUT2D eigenvalue weighted by molar-refractivity contribution is 0.145. The first kappa shape index (κ1) is 16.5. The Bertz CT molecular complexity index is 761. The van der Waals surface area contributed by atoms with Crippen molar-refractivity contribution >= 4 is 28.8 Å². The number of nitrogens with one attached hydrogen (secondary N) is 1. The number of anilines is 3. The van der Waals surface area contributed by atoms with Crippen molar-refractivity contribution in [2.75, 3.05) is 23.3 Å². The maximum Gasteiger partial charge on any atom is 0.135 e. The van der Waals surface area contributed by atoms with E-state index < -0.39 is 0 Å². The summed E-state index contributed by atoms with van der Waals surface area (Å²) in [5.74, 6) is 1.17. The Labute approximate surface area is 145 Å². The number of hydrogen-bond donors (Lipinski definition) is 2. The van der Waals surface area contributed by atoms with E-state index in [1.807, 2.05) is 12.1 Å². The summed E-state index contributed by atoms with van der Waals surface area (Å²) in [4.78, 5) is 10.4. The van der Waals surface area contributed by atoms with E-state index >= 15 is 0 Å².